The smallest absolute Gasteiger partial charge is 0.259 e. The fraction of sp³-hybridized carbons (Fsp3) is 0.107. The van der Waals surface area contributed by atoms with Crippen LogP contribution >= 0.6 is 27.3 Å². The number of carbonyl (C=O) groups is 2. The zero-order chi connectivity index (χ0) is 25.9. The molecule has 1 aliphatic rings. The highest BCUT2D eigenvalue weighted by atomic mass is 79.9. The van der Waals surface area contributed by atoms with E-state index < -0.39 is 23.7 Å². The monoisotopic (exact) mass is 569 g/mol. The van der Waals surface area contributed by atoms with Crippen molar-refractivity contribution in [3.8, 4) is 17.3 Å². The van der Waals surface area contributed by atoms with Crippen molar-refractivity contribution in [3.63, 3.8) is 0 Å². The molecule has 0 unspecified atom stereocenters. The highest BCUT2D eigenvalue weighted by Gasteiger charge is 2.48. The minimum atomic E-state index is -1.25. The normalized spacial score (nSPS) is 16.6. The summed E-state index contributed by atoms with van der Waals surface area (Å²) in [5, 5.41) is 18.2. The first kappa shape index (κ1) is 24.6. The number of anilines is 1. The molecular formula is C28H20BrN5O2S. The molecule has 3 aromatic carbocycles. The third-order valence-corrected chi connectivity index (χ3v) is 7.55. The first-order valence-corrected chi connectivity index (χ1v) is 13.1. The van der Waals surface area contributed by atoms with Gasteiger partial charge in [0.1, 0.15) is 5.92 Å². The number of nitrogens with zero attached hydrogens (tertiary/aromatic N) is 4. The molecule has 37 heavy (non-hydrogen) atoms. The van der Waals surface area contributed by atoms with E-state index in [1.807, 2.05) is 72.1 Å². The Balaban J connectivity index is 1.63. The second-order valence-electron chi connectivity index (χ2n) is 8.45. The Morgan fingerprint density at radius 1 is 1.00 bits per heavy atom. The van der Waals surface area contributed by atoms with Gasteiger partial charge in [0.25, 0.3) is 5.91 Å². The number of halogens is 1. The standard InChI is InChI=1S/C28H20BrN5O2S/c29-20-13-11-18(12-14-20)23(21(15-30)26(31)35)24-25(19-9-5-2-6-10-19)33-34(27(24)36)28-32-22(16-37-28)17-7-3-1-4-8-17/h1-14,16,21,23-24H,(H2,31,35)/t21-,23+,24-/m1/s1. The Labute approximate surface area is 226 Å². The number of primary amides is 1. The van der Waals surface area contributed by atoms with Gasteiger partial charge in [0, 0.05) is 21.3 Å². The fourth-order valence-corrected chi connectivity index (χ4v) is 5.51. The SMILES string of the molecule is N#C[C@@H](C(N)=O)[C@H](c1ccc(Br)cc1)[C@H]1C(=O)N(c2nc(-c3ccccc3)cs2)N=C1c1ccccc1. The van der Waals surface area contributed by atoms with Gasteiger partial charge >= 0.3 is 0 Å². The number of benzene rings is 3. The molecule has 182 valence electrons. The number of nitrogens with two attached hydrogens (primary N) is 1. The van der Waals surface area contributed by atoms with E-state index in [2.05, 4.69) is 20.9 Å². The molecular weight excluding hydrogens is 550 g/mol. The number of hydrogen-bond donors (Lipinski definition) is 1. The van der Waals surface area contributed by atoms with Crippen LogP contribution in [-0.4, -0.2) is 22.5 Å². The molecule has 0 bridgehead atoms. The van der Waals surface area contributed by atoms with E-state index in [9.17, 15) is 14.9 Å². The Hall–Kier alpha value is -4.13. The number of hydrogen-bond acceptors (Lipinski definition) is 6. The average molecular weight is 570 g/mol. The highest BCUT2D eigenvalue weighted by Crippen LogP contribution is 2.41. The highest BCUT2D eigenvalue weighted by molar-refractivity contribution is 9.10. The lowest BCUT2D eigenvalue weighted by molar-refractivity contribution is -0.123. The van der Waals surface area contributed by atoms with Crippen molar-refractivity contribution < 1.29 is 9.59 Å². The lowest BCUT2D eigenvalue weighted by Crippen LogP contribution is -2.39. The molecule has 0 fully saturated rings. The molecule has 7 nitrogen and oxygen atoms in total. The molecule has 2 amide bonds. The van der Waals surface area contributed by atoms with Gasteiger partial charge in [-0.3, -0.25) is 9.59 Å². The van der Waals surface area contributed by atoms with Gasteiger partial charge in [-0.05, 0) is 23.3 Å². The van der Waals surface area contributed by atoms with Gasteiger partial charge < -0.3 is 5.73 Å². The van der Waals surface area contributed by atoms with Gasteiger partial charge in [-0.15, -0.1) is 11.3 Å². The van der Waals surface area contributed by atoms with Crippen molar-refractivity contribution in [2.24, 2.45) is 22.7 Å². The molecule has 0 spiro atoms. The van der Waals surface area contributed by atoms with E-state index in [4.69, 9.17) is 10.8 Å². The van der Waals surface area contributed by atoms with Crippen molar-refractivity contribution in [2.75, 3.05) is 5.01 Å². The maximum absolute atomic E-state index is 14.1. The van der Waals surface area contributed by atoms with Gasteiger partial charge in [0.2, 0.25) is 11.0 Å². The topological polar surface area (TPSA) is 112 Å². The molecule has 3 atom stereocenters. The van der Waals surface area contributed by atoms with E-state index in [0.29, 0.717) is 22.0 Å². The van der Waals surface area contributed by atoms with E-state index in [1.165, 1.54) is 16.3 Å². The molecule has 4 aromatic rings. The van der Waals surface area contributed by atoms with Crippen LogP contribution in [0.1, 0.15) is 17.0 Å². The third-order valence-electron chi connectivity index (χ3n) is 6.21. The summed E-state index contributed by atoms with van der Waals surface area (Å²) in [6.07, 6.45) is 0. The second-order valence-corrected chi connectivity index (χ2v) is 10.2. The number of rotatable bonds is 7. The first-order chi connectivity index (χ1) is 18.0. The predicted octanol–water partition coefficient (Wildman–Crippen LogP) is 5.35. The van der Waals surface area contributed by atoms with Crippen LogP contribution in [0.15, 0.2) is 99.9 Å². The fourth-order valence-electron chi connectivity index (χ4n) is 4.46. The maximum Gasteiger partial charge on any atom is 0.259 e. The Kier molecular flexibility index (Phi) is 6.95. The minimum absolute atomic E-state index is 0.373. The summed E-state index contributed by atoms with van der Waals surface area (Å²) in [5.41, 5.74) is 9.14. The van der Waals surface area contributed by atoms with E-state index >= 15 is 0 Å². The average Bonchev–Trinajstić information content (AvgIpc) is 3.54. The molecule has 0 saturated heterocycles. The molecule has 5 rings (SSSR count). The van der Waals surface area contributed by atoms with E-state index in [0.717, 1.165) is 15.7 Å². The summed E-state index contributed by atoms with van der Waals surface area (Å²) < 4.78 is 0.829. The van der Waals surface area contributed by atoms with Gasteiger partial charge in [-0.2, -0.15) is 15.4 Å². The molecule has 0 aliphatic carbocycles. The van der Waals surface area contributed by atoms with Gasteiger partial charge in [0.05, 0.1) is 23.4 Å². The van der Waals surface area contributed by atoms with Crippen molar-refractivity contribution in [3.05, 3.63) is 106 Å². The van der Waals surface area contributed by atoms with Crippen LogP contribution in [0.5, 0.6) is 0 Å². The largest absolute Gasteiger partial charge is 0.369 e. The van der Waals surface area contributed by atoms with Gasteiger partial charge in [-0.1, -0.05) is 88.7 Å². The van der Waals surface area contributed by atoms with Crippen LogP contribution < -0.4 is 10.7 Å². The summed E-state index contributed by atoms with van der Waals surface area (Å²) in [6, 6.07) is 28.2. The molecule has 1 aliphatic heterocycles. The van der Waals surface area contributed by atoms with Crippen LogP contribution in [0.25, 0.3) is 11.3 Å². The second kappa shape index (κ2) is 10.5. The predicted molar refractivity (Wildman–Crippen MR) is 147 cm³/mol. The molecule has 1 aromatic heterocycles. The summed E-state index contributed by atoms with van der Waals surface area (Å²) >= 11 is 4.72. The molecule has 0 radical (unpaired) electrons. The number of hydrazone groups is 1. The molecule has 0 saturated carbocycles. The van der Waals surface area contributed by atoms with Crippen molar-refractivity contribution >= 4 is 49.9 Å². The van der Waals surface area contributed by atoms with Crippen LogP contribution in [0.4, 0.5) is 5.13 Å². The Morgan fingerprint density at radius 2 is 1.62 bits per heavy atom. The van der Waals surface area contributed by atoms with Crippen molar-refractivity contribution in [1.82, 2.24) is 4.98 Å². The minimum Gasteiger partial charge on any atom is -0.369 e. The zero-order valence-corrected chi connectivity index (χ0v) is 21.8. The maximum atomic E-state index is 14.1. The van der Waals surface area contributed by atoms with Crippen LogP contribution in [-0.2, 0) is 9.59 Å². The zero-order valence-electron chi connectivity index (χ0n) is 19.4. The summed E-state index contributed by atoms with van der Waals surface area (Å²) in [6.45, 7) is 0. The number of carbonyl (C=O) groups excluding carboxylic acids is 2. The lowest BCUT2D eigenvalue weighted by atomic mass is 9.73. The summed E-state index contributed by atoms with van der Waals surface area (Å²) in [7, 11) is 0. The molecule has 9 heteroatoms. The van der Waals surface area contributed by atoms with E-state index in [1.54, 1.807) is 24.3 Å². The quantitative estimate of drug-likeness (QED) is 0.323. The lowest BCUT2D eigenvalue weighted by Gasteiger charge is -2.26. The van der Waals surface area contributed by atoms with Crippen molar-refractivity contribution in [2.45, 2.75) is 5.92 Å². The molecule has 2 heterocycles. The van der Waals surface area contributed by atoms with Gasteiger partial charge in [-0.25, -0.2) is 4.98 Å². The van der Waals surface area contributed by atoms with Crippen LogP contribution in [0.2, 0.25) is 0 Å². The Bertz CT molecular complexity index is 1510. The third kappa shape index (κ3) is 4.81. The number of aromatic nitrogens is 1. The number of nitriles is 1. The van der Waals surface area contributed by atoms with Crippen LogP contribution in [0, 0.1) is 23.2 Å². The molecule has 2 N–H and O–H groups in total. The number of amides is 2. The van der Waals surface area contributed by atoms with Crippen molar-refractivity contribution in [1.29, 1.82) is 5.26 Å². The Morgan fingerprint density at radius 3 is 2.22 bits per heavy atom. The summed E-state index contributed by atoms with van der Waals surface area (Å²) in [5.74, 6) is -4.19. The summed E-state index contributed by atoms with van der Waals surface area (Å²) in [4.78, 5) is 31.2. The van der Waals surface area contributed by atoms with Gasteiger partial charge in [0.15, 0.2) is 0 Å². The van der Waals surface area contributed by atoms with Crippen LogP contribution in [0.3, 0.4) is 0 Å². The van der Waals surface area contributed by atoms with E-state index in [-0.39, 0.29) is 5.91 Å². The first-order valence-electron chi connectivity index (χ1n) is 11.4. The number of thiazole rings is 1.